The lowest BCUT2D eigenvalue weighted by Gasteiger charge is -2.26. The number of nitrogens with one attached hydrogen (secondary N) is 1. The number of ether oxygens (including phenoxy) is 1. The first kappa shape index (κ1) is 18.3. The standard InChI is InChI=1S/C23H25N3O2/c1-17-6-2-3-8-21(17)28-15-5-9-22(27)26-13-10-18(11-14-26)19-16-25-20-7-4-12-24-23(19)20/h2-4,6-8,10,12,16,25H,5,9,11,13-15H2,1H3. The Kier molecular flexibility index (Phi) is 5.42. The molecule has 0 unspecified atom stereocenters. The molecule has 5 heteroatoms. The Morgan fingerprint density at radius 1 is 1.25 bits per heavy atom. The molecular weight excluding hydrogens is 350 g/mol. The third-order valence-electron chi connectivity index (χ3n) is 5.23. The Bertz CT molecular complexity index is 1010. The van der Waals surface area contributed by atoms with Crippen molar-refractivity contribution in [3.63, 3.8) is 0 Å². The fraction of sp³-hybridized carbons (Fsp3) is 0.304. The van der Waals surface area contributed by atoms with E-state index < -0.39 is 0 Å². The first-order chi connectivity index (χ1) is 13.7. The minimum Gasteiger partial charge on any atom is -0.493 e. The lowest BCUT2D eigenvalue weighted by molar-refractivity contribution is -0.131. The van der Waals surface area contributed by atoms with E-state index in [1.54, 1.807) is 0 Å². The van der Waals surface area contributed by atoms with Gasteiger partial charge in [-0.3, -0.25) is 9.78 Å². The Morgan fingerprint density at radius 3 is 2.96 bits per heavy atom. The highest BCUT2D eigenvalue weighted by atomic mass is 16.5. The van der Waals surface area contributed by atoms with E-state index in [1.807, 2.05) is 60.6 Å². The highest BCUT2D eigenvalue weighted by molar-refractivity contribution is 5.90. The number of pyridine rings is 1. The van der Waals surface area contributed by atoms with Crippen LogP contribution in [0.5, 0.6) is 5.75 Å². The van der Waals surface area contributed by atoms with Crippen molar-refractivity contribution in [3.05, 3.63) is 66.0 Å². The monoisotopic (exact) mass is 375 g/mol. The quantitative estimate of drug-likeness (QED) is 0.652. The zero-order valence-corrected chi connectivity index (χ0v) is 16.1. The Hall–Kier alpha value is -3.08. The van der Waals surface area contributed by atoms with Gasteiger partial charge >= 0.3 is 0 Å². The molecule has 1 aliphatic rings. The predicted molar refractivity (Wildman–Crippen MR) is 111 cm³/mol. The highest BCUT2D eigenvalue weighted by Crippen LogP contribution is 2.28. The van der Waals surface area contributed by atoms with Gasteiger partial charge in [-0.1, -0.05) is 24.3 Å². The van der Waals surface area contributed by atoms with Gasteiger partial charge in [0.05, 0.1) is 17.6 Å². The fourth-order valence-corrected chi connectivity index (χ4v) is 3.62. The number of carbonyl (C=O) groups is 1. The summed E-state index contributed by atoms with van der Waals surface area (Å²) in [7, 11) is 0. The molecule has 0 bridgehead atoms. The SMILES string of the molecule is Cc1ccccc1OCCCC(=O)N1CC=C(c2c[nH]c3cccnc23)CC1. The van der Waals surface area contributed by atoms with Crippen LogP contribution in [-0.4, -0.2) is 40.5 Å². The molecule has 4 rings (SSSR count). The maximum Gasteiger partial charge on any atom is 0.222 e. The zero-order chi connectivity index (χ0) is 19.3. The predicted octanol–water partition coefficient (Wildman–Crippen LogP) is 4.35. The van der Waals surface area contributed by atoms with Crippen LogP contribution in [0.1, 0.15) is 30.4 Å². The van der Waals surface area contributed by atoms with Crippen molar-refractivity contribution in [1.29, 1.82) is 0 Å². The number of amides is 1. The minimum atomic E-state index is 0.195. The van der Waals surface area contributed by atoms with Crippen molar-refractivity contribution < 1.29 is 9.53 Å². The van der Waals surface area contributed by atoms with E-state index in [0.717, 1.165) is 47.3 Å². The summed E-state index contributed by atoms with van der Waals surface area (Å²) in [4.78, 5) is 22.2. The van der Waals surface area contributed by atoms with Gasteiger partial charge in [0.2, 0.25) is 5.91 Å². The van der Waals surface area contributed by atoms with E-state index in [2.05, 4.69) is 16.0 Å². The number of para-hydroxylation sites is 1. The van der Waals surface area contributed by atoms with Crippen LogP contribution in [0.25, 0.3) is 16.6 Å². The molecule has 3 aromatic rings. The zero-order valence-electron chi connectivity index (χ0n) is 16.1. The highest BCUT2D eigenvalue weighted by Gasteiger charge is 2.19. The summed E-state index contributed by atoms with van der Waals surface area (Å²) >= 11 is 0. The Balaban J connectivity index is 1.28. The summed E-state index contributed by atoms with van der Waals surface area (Å²) in [5.41, 5.74) is 5.58. The number of aryl methyl sites for hydroxylation is 1. The number of H-pyrrole nitrogens is 1. The Labute approximate surface area is 165 Å². The second-order valence-electron chi connectivity index (χ2n) is 7.14. The van der Waals surface area contributed by atoms with Gasteiger partial charge in [-0.2, -0.15) is 0 Å². The molecule has 1 amide bonds. The second-order valence-corrected chi connectivity index (χ2v) is 7.14. The maximum absolute atomic E-state index is 12.5. The molecule has 0 spiro atoms. The van der Waals surface area contributed by atoms with Crippen molar-refractivity contribution in [3.8, 4) is 5.75 Å². The second kappa shape index (κ2) is 8.30. The molecule has 1 N–H and O–H groups in total. The molecule has 3 heterocycles. The number of aromatic nitrogens is 2. The molecule has 0 atom stereocenters. The van der Waals surface area contributed by atoms with Gasteiger partial charge in [-0.25, -0.2) is 0 Å². The molecule has 0 aliphatic carbocycles. The van der Waals surface area contributed by atoms with E-state index in [9.17, 15) is 4.79 Å². The van der Waals surface area contributed by atoms with Crippen LogP contribution in [0.15, 0.2) is 54.9 Å². The molecule has 0 fully saturated rings. The fourth-order valence-electron chi connectivity index (χ4n) is 3.62. The van der Waals surface area contributed by atoms with Gasteiger partial charge in [-0.05, 0) is 49.1 Å². The number of aromatic amines is 1. The van der Waals surface area contributed by atoms with Crippen LogP contribution in [0.4, 0.5) is 0 Å². The number of nitrogens with zero attached hydrogens (tertiary/aromatic N) is 2. The number of fused-ring (bicyclic) bond motifs is 1. The number of hydrogen-bond donors (Lipinski definition) is 1. The maximum atomic E-state index is 12.5. The summed E-state index contributed by atoms with van der Waals surface area (Å²) < 4.78 is 5.79. The molecule has 1 aliphatic heterocycles. The lowest BCUT2D eigenvalue weighted by atomic mass is 10.0. The topological polar surface area (TPSA) is 58.2 Å². The summed E-state index contributed by atoms with van der Waals surface area (Å²) in [5, 5.41) is 0. The number of benzene rings is 1. The first-order valence-electron chi connectivity index (χ1n) is 9.80. The minimum absolute atomic E-state index is 0.195. The van der Waals surface area contributed by atoms with Gasteiger partial charge in [0.1, 0.15) is 5.75 Å². The van der Waals surface area contributed by atoms with Crippen molar-refractivity contribution in [2.45, 2.75) is 26.2 Å². The summed E-state index contributed by atoms with van der Waals surface area (Å²) in [6.07, 6.45) is 8.09. The van der Waals surface area contributed by atoms with Gasteiger partial charge < -0.3 is 14.6 Å². The number of hydrogen-bond acceptors (Lipinski definition) is 3. The molecule has 1 aromatic carbocycles. The number of rotatable bonds is 6. The van der Waals surface area contributed by atoms with E-state index in [-0.39, 0.29) is 5.91 Å². The Morgan fingerprint density at radius 2 is 2.14 bits per heavy atom. The van der Waals surface area contributed by atoms with E-state index in [0.29, 0.717) is 19.6 Å². The molecule has 28 heavy (non-hydrogen) atoms. The van der Waals surface area contributed by atoms with Gasteiger partial charge in [-0.15, -0.1) is 0 Å². The van der Waals surface area contributed by atoms with Crippen LogP contribution in [0, 0.1) is 6.92 Å². The largest absolute Gasteiger partial charge is 0.493 e. The molecule has 144 valence electrons. The molecule has 0 saturated heterocycles. The van der Waals surface area contributed by atoms with Crippen LogP contribution in [0.3, 0.4) is 0 Å². The summed E-state index contributed by atoms with van der Waals surface area (Å²) in [5.74, 6) is 1.09. The third-order valence-corrected chi connectivity index (χ3v) is 5.23. The van der Waals surface area contributed by atoms with Crippen LogP contribution in [0.2, 0.25) is 0 Å². The molecule has 0 radical (unpaired) electrons. The van der Waals surface area contributed by atoms with Crippen LogP contribution in [-0.2, 0) is 4.79 Å². The average molecular weight is 375 g/mol. The van der Waals surface area contributed by atoms with E-state index in [4.69, 9.17) is 4.74 Å². The molecular formula is C23H25N3O2. The number of carbonyl (C=O) groups excluding carboxylic acids is 1. The normalized spacial score (nSPS) is 14.2. The van der Waals surface area contributed by atoms with Gasteiger partial charge in [0.25, 0.3) is 0 Å². The average Bonchev–Trinajstić information content (AvgIpc) is 3.16. The van der Waals surface area contributed by atoms with Crippen molar-refractivity contribution in [2.75, 3.05) is 19.7 Å². The lowest BCUT2D eigenvalue weighted by Crippen LogP contribution is -2.34. The van der Waals surface area contributed by atoms with Gasteiger partial charge in [0.15, 0.2) is 0 Å². The third kappa shape index (κ3) is 3.93. The van der Waals surface area contributed by atoms with Gasteiger partial charge in [0, 0.05) is 37.5 Å². The van der Waals surface area contributed by atoms with Crippen molar-refractivity contribution in [2.24, 2.45) is 0 Å². The molecule has 0 saturated carbocycles. The van der Waals surface area contributed by atoms with E-state index in [1.165, 1.54) is 5.57 Å². The molecule has 2 aromatic heterocycles. The summed E-state index contributed by atoms with van der Waals surface area (Å²) in [6, 6.07) is 11.9. The molecule has 5 nitrogen and oxygen atoms in total. The van der Waals surface area contributed by atoms with Crippen LogP contribution < -0.4 is 4.74 Å². The van der Waals surface area contributed by atoms with Crippen molar-refractivity contribution >= 4 is 22.5 Å². The van der Waals surface area contributed by atoms with Crippen LogP contribution >= 0.6 is 0 Å². The smallest absolute Gasteiger partial charge is 0.222 e. The first-order valence-corrected chi connectivity index (χ1v) is 9.80. The summed E-state index contributed by atoms with van der Waals surface area (Å²) in [6.45, 7) is 4.00. The van der Waals surface area contributed by atoms with Crippen molar-refractivity contribution in [1.82, 2.24) is 14.9 Å². The van der Waals surface area contributed by atoms with E-state index >= 15 is 0 Å².